The van der Waals surface area contributed by atoms with E-state index in [1.807, 2.05) is 20.8 Å². The second kappa shape index (κ2) is 8.79. The zero-order valence-corrected chi connectivity index (χ0v) is 13.1. The highest BCUT2D eigenvalue weighted by Crippen LogP contribution is 2.13. The van der Waals surface area contributed by atoms with E-state index < -0.39 is 17.5 Å². The average molecular weight is 299 g/mol. The van der Waals surface area contributed by atoms with Crippen molar-refractivity contribution in [2.45, 2.75) is 32.8 Å². The van der Waals surface area contributed by atoms with E-state index >= 15 is 0 Å². The van der Waals surface area contributed by atoms with Crippen LogP contribution in [0.1, 0.15) is 27.2 Å². The minimum absolute atomic E-state index is 0.304. The van der Waals surface area contributed by atoms with Crippen molar-refractivity contribution in [1.29, 1.82) is 0 Å². The molecule has 0 radical (unpaired) electrons. The topological polar surface area (TPSA) is 65.1 Å². The van der Waals surface area contributed by atoms with Crippen molar-refractivity contribution in [3.63, 3.8) is 0 Å². The quantitative estimate of drug-likeness (QED) is 0.519. The first-order chi connectivity index (χ1) is 9.93. The van der Waals surface area contributed by atoms with Crippen LogP contribution in [-0.4, -0.2) is 61.9 Å². The second-order valence-corrected chi connectivity index (χ2v) is 5.49. The SMILES string of the molecule is CCC(C)(C)OC(=O)C=CC(=O)OCCN1CCOCC1. The van der Waals surface area contributed by atoms with E-state index in [-0.39, 0.29) is 0 Å². The number of nitrogens with zero attached hydrogens (tertiary/aromatic N) is 1. The van der Waals surface area contributed by atoms with Gasteiger partial charge in [-0.3, -0.25) is 4.90 Å². The van der Waals surface area contributed by atoms with Crippen LogP contribution >= 0.6 is 0 Å². The molecule has 1 saturated heterocycles. The lowest BCUT2D eigenvalue weighted by atomic mass is 10.1. The fraction of sp³-hybridized carbons (Fsp3) is 0.733. The van der Waals surface area contributed by atoms with Crippen molar-refractivity contribution in [3.8, 4) is 0 Å². The molecule has 0 aliphatic carbocycles. The minimum Gasteiger partial charge on any atom is -0.461 e. The number of morpholine rings is 1. The van der Waals surface area contributed by atoms with Gasteiger partial charge in [-0.2, -0.15) is 0 Å². The molecule has 0 aromatic rings. The molecule has 0 saturated carbocycles. The summed E-state index contributed by atoms with van der Waals surface area (Å²) in [7, 11) is 0. The zero-order valence-electron chi connectivity index (χ0n) is 13.1. The molecule has 0 N–H and O–H groups in total. The summed E-state index contributed by atoms with van der Waals surface area (Å²) in [5.41, 5.74) is -0.526. The van der Waals surface area contributed by atoms with E-state index in [2.05, 4.69) is 4.90 Å². The summed E-state index contributed by atoms with van der Waals surface area (Å²) in [6, 6.07) is 0. The zero-order chi connectivity index (χ0) is 15.7. The van der Waals surface area contributed by atoms with E-state index in [1.54, 1.807) is 0 Å². The Morgan fingerprint density at radius 1 is 1.19 bits per heavy atom. The van der Waals surface area contributed by atoms with Gasteiger partial charge in [0.25, 0.3) is 0 Å². The normalized spacial score (nSPS) is 16.9. The summed E-state index contributed by atoms with van der Waals surface area (Å²) in [4.78, 5) is 25.1. The van der Waals surface area contributed by atoms with Crippen LogP contribution in [0.5, 0.6) is 0 Å². The first kappa shape index (κ1) is 17.7. The molecule has 1 heterocycles. The Morgan fingerprint density at radius 3 is 2.43 bits per heavy atom. The van der Waals surface area contributed by atoms with Crippen LogP contribution in [-0.2, 0) is 23.8 Å². The predicted octanol–water partition coefficient (Wildman–Crippen LogP) is 1.15. The molecule has 1 aliphatic rings. The molecule has 0 aromatic heterocycles. The molecule has 0 aromatic carbocycles. The van der Waals surface area contributed by atoms with Gasteiger partial charge in [0.1, 0.15) is 12.2 Å². The smallest absolute Gasteiger partial charge is 0.331 e. The van der Waals surface area contributed by atoms with Gasteiger partial charge in [0.15, 0.2) is 0 Å². The van der Waals surface area contributed by atoms with Gasteiger partial charge in [0.2, 0.25) is 0 Å². The monoisotopic (exact) mass is 299 g/mol. The van der Waals surface area contributed by atoms with Crippen molar-refractivity contribution >= 4 is 11.9 Å². The lowest BCUT2D eigenvalue weighted by Crippen LogP contribution is -2.38. The summed E-state index contributed by atoms with van der Waals surface area (Å²) >= 11 is 0. The first-order valence-corrected chi connectivity index (χ1v) is 7.31. The number of carbonyl (C=O) groups is 2. The van der Waals surface area contributed by atoms with Gasteiger partial charge in [-0.05, 0) is 20.3 Å². The second-order valence-electron chi connectivity index (χ2n) is 5.49. The van der Waals surface area contributed by atoms with Crippen LogP contribution in [0, 0.1) is 0 Å². The average Bonchev–Trinajstić information content (AvgIpc) is 2.46. The van der Waals surface area contributed by atoms with Gasteiger partial charge in [0.05, 0.1) is 13.2 Å². The molecular formula is C15H25NO5. The Bertz CT molecular complexity index is 372. The predicted molar refractivity (Wildman–Crippen MR) is 77.8 cm³/mol. The Labute approximate surface area is 126 Å². The Kier molecular flexibility index (Phi) is 7.39. The molecule has 6 heteroatoms. The van der Waals surface area contributed by atoms with E-state index in [1.165, 1.54) is 0 Å². The molecule has 21 heavy (non-hydrogen) atoms. The highest BCUT2D eigenvalue weighted by Gasteiger charge is 2.19. The van der Waals surface area contributed by atoms with Crippen LogP contribution in [0.3, 0.4) is 0 Å². The molecule has 1 aliphatic heterocycles. The Hall–Kier alpha value is -1.40. The largest absolute Gasteiger partial charge is 0.461 e. The number of hydrogen-bond donors (Lipinski definition) is 0. The van der Waals surface area contributed by atoms with E-state index in [0.29, 0.717) is 32.8 Å². The standard InChI is InChI=1S/C15H25NO5/c1-4-15(2,3)21-14(18)6-5-13(17)20-12-9-16-7-10-19-11-8-16/h5-6H,4,7-12H2,1-3H3. The third kappa shape index (κ3) is 7.82. The minimum atomic E-state index is -0.535. The van der Waals surface area contributed by atoms with E-state index in [9.17, 15) is 9.59 Å². The summed E-state index contributed by atoms with van der Waals surface area (Å²) < 4.78 is 15.4. The van der Waals surface area contributed by atoms with Gasteiger partial charge in [-0.1, -0.05) is 6.92 Å². The fourth-order valence-corrected chi connectivity index (χ4v) is 1.66. The number of hydrogen-bond acceptors (Lipinski definition) is 6. The highest BCUT2D eigenvalue weighted by atomic mass is 16.6. The maximum Gasteiger partial charge on any atom is 0.331 e. The molecule has 120 valence electrons. The van der Waals surface area contributed by atoms with Crippen molar-refractivity contribution in [1.82, 2.24) is 4.90 Å². The van der Waals surface area contributed by atoms with E-state index in [4.69, 9.17) is 14.2 Å². The molecule has 0 amide bonds. The Morgan fingerprint density at radius 2 is 1.81 bits per heavy atom. The van der Waals surface area contributed by atoms with Gasteiger partial charge < -0.3 is 14.2 Å². The first-order valence-electron chi connectivity index (χ1n) is 7.31. The molecule has 0 unspecified atom stereocenters. The van der Waals surface area contributed by atoms with Crippen LogP contribution in [0.4, 0.5) is 0 Å². The molecule has 0 bridgehead atoms. The van der Waals surface area contributed by atoms with Crippen LogP contribution in [0.15, 0.2) is 12.2 Å². The number of esters is 2. The number of rotatable bonds is 7. The fourth-order valence-electron chi connectivity index (χ4n) is 1.66. The van der Waals surface area contributed by atoms with Crippen molar-refractivity contribution in [2.75, 3.05) is 39.5 Å². The van der Waals surface area contributed by atoms with Gasteiger partial charge >= 0.3 is 11.9 Å². The summed E-state index contributed by atoms with van der Waals surface area (Å²) in [5.74, 6) is -1.07. The lowest BCUT2D eigenvalue weighted by molar-refractivity contribution is -0.151. The van der Waals surface area contributed by atoms with Gasteiger partial charge in [0, 0.05) is 31.8 Å². The van der Waals surface area contributed by atoms with Crippen molar-refractivity contribution < 1.29 is 23.8 Å². The molecule has 0 spiro atoms. The Balaban J connectivity index is 2.20. The third-order valence-electron chi connectivity index (χ3n) is 3.34. The molecule has 6 nitrogen and oxygen atoms in total. The van der Waals surface area contributed by atoms with Crippen molar-refractivity contribution in [2.24, 2.45) is 0 Å². The molecule has 1 rings (SSSR count). The van der Waals surface area contributed by atoms with Gasteiger partial charge in [-0.25, -0.2) is 9.59 Å². The summed E-state index contributed by atoms with van der Waals surface area (Å²) in [5, 5.41) is 0. The number of carbonyl (C=O) groups excluding carboxylic acids is 2. The molecular weight excluding hydrogens is 274 g/mol. The van der Waals surface area contributed by atoms with E-state index in [0.717, 1.165) is 25.2 Å². The molecule has 1 fully saturated rings. The molecule has 0 atom stereocenters. The summed E-state index contributed by atoms with van der Waals surface area (Å²) in [6.07, 6.45) is 2.92. The number of ether oxygens (including phenoxy) is 3. The highest BCUT2D eigenvalue weighted by molar-refractivity contribution is 5.91. The maximum atomic E-state index is 11.5. The maximum absolute atomic E-state index is 11.5. The lowest BCUT2D eigenvalue weighted by Gasteiger charge is -2.25. The van der Waals surface area contributed by atoms with Gasteiger partial charge in [-0.15, -0.1) is 0 Å². The third-order valence-corrected chi connectivity index (χ3v) is 3.34. The van der Waals surface area contributed by atoms with Crippen LogP contribution in [0.25, 0.3) is 0 Å². The van der Waals surface area contributed by atoms with Crippen molar-refractivity contribution in [3.05, 3.63) is 12.2 Å². The van der Waals surface area contributed by atoms with Crippen LogP contribution in [0.2, 0.25) is 0 Å². The van der Waals surface area contributed by atoms with Crippen LogP contribution < -0.4 is 0 Å². The summed E-state index contributed by atoms with van der Waals surface area (Å²) in [6.45, 7) is 9.68.